The second kappa shape index (κ2) is 6.21. The third-order valence-corrected chi connectivity index (χ3v) is 4.22. The number of hydrogen-bond donors (Lipinski definition) is 1. The van der Waals surface area contributed by atoms with Crippen molar-refractivity contribution in [3.8, 4) is 0 Å². The fourth-order valence-corrected chi connectivity index (χ4v) is 3.04. The molecule has 1 amide bonds. The van der Waals surface area contributed by atoms with Crippen molar-refractivity contribution >= 4 is 11.9 Å². The van der Waals surface area contributed by atoms with Crippen molar-refractivity contribution in [1.29, 1.82) is 0 Å². The molecule has 8 heteroatoms. The lowest BCUT2D eigenvalue weighted by Crippen LogP contribution is -2.49. The molecule has 0 aromatic rings. The van der Waals surface area contributed by atoms with Crippen LogP contribution in [0.4, 0.5) is 13.2 Å². The van der Waals surface area contributed by atoms with E-state index in [4.69, 9.17) is 5.11 Å². The lowest BCUT2D eigenvalue weighted by molar-refractivity contribution is -0.188. The number of likely N-dealkylation sites (tertiary alicyclic amines) is 2. The monoisotopic (exact) mass is 308 g/mol. The minimum absolute atomic E-state index is 0.0503. The summed E-state index contributed by atoms with van der Waals surface area (Å²) < 4.78 is 38.2. The van der Waals surface area contributed by atoms with E-state index >= 15 is 0 Å². The van der Waals surface area contributed by atoms with Gasteiger partial charge in [0.25, 0.3) is 0 Å². The first-order chi connectivity index (χ1) is 9.79. The lowest BCUT2D eigenvalue weighted by atomic mass is 9.97. The molecule has 1 N–H and O–H groups in total. The van der Waals surface area contributed by atoms with Crippen LogP contribution in [0.1, 0.15) is 25.7 Å². The predicted octanol–water partition coefficient (Wildman–Crippen LogP) is 1.34. The quantitative estimate of drug-likeness (QED) is 0.854. The molecule has 0 aliphatic carbocycles. The number of carboxylic acids is 1. The number of piperidine rings is 1. The number of amides is 1. The predicted molar refractivity (Wildman–Crippen MR) is 67.6 cm³/mol. The van der Waals surface area contributed by atoms with Crippen LogP contribution in [0, 0.1) is 5.92 Å². The molecule has 2 fully saturated rings. The number of carboxylic acid groups (broad SMARTS) is 1. The highest BCUT2D eigenvalue weighted by atomic mass is 19.4. The third kappa shape index (κ3) is 3.87. The molecule has 5 nitrogen and oxygen atoms in total. The topological polar surface area (TPSA) is 60.9 Å². The molecule has 0 radical (unpaired) electrons. The van der Waals surface area contributed by atoms with Crippen molar-refractivity contribution in [2.24, 2.45) is 5.92 Å². The van der Waals surface area contributed by atoms with Gasteiger partial charge in [-0.2, -0.15) is 13.2 Å². The zero-order chi connectivity index (χ0) is 15.6. The van der Waals surface area contributed by atoms with Crippen LogP contribution in [0.3, 0.4) is 0 Å². The molecule has 0 saturated carbocycles. The summed E-state index contributed by atoms with van der Waals surface area (Å²) in [7, 11) is 0. The molecular weight excluding hydrogens is 289 g/mol. The third-order valence-electron chi connectivity index (χ3n) is 4.22. The molecule has 2 atom stereocenters. The number of hydrogen-bond acceptors (Lipinski definition) is 3. The molecule has 2 aliphatic rings. The SMILES string of the molecule is O=C(O)C1CCCN1CC(=O)N1CCCC(C(F)(F)F)C1. The number of carbonyl (C=O) groups is 2. The minimum atomic E-state index is -4.28. The van der Waals surface area contributed by atoms with E-state index in [-0.39, 0.29) is 19.5 Å². The molecule has 0 spiro atoms. The van der Waals surface area contributed by atoms with Crippen LogP contribution in [0.2, 0.25) is 0 Å². The lowest BCUT2D eigenvalue weighted by Gasteiger charge is -2.35. The van der Waals surface area contributed by atoms with E-state index < -0.39 is 30.0 Å². The summed E-state index contributed by atoms with van der Waals surface area (Å²) in [5.74, 6) is -2.85. The molecule has 2 unspecified atom stereocenters. The summed E-state index contributed by atoms with van der Waals surface area (Å²) in [5, 5.41) is 9.04. The van der Waals surface area contributed by atoms with Gasteiger partial charge < -0.3 is 10.0 Å². The van der Waals surface area contributed by atoms with Crippen LogP contribution >= 0.6 is 0 Å². The maximum atomic E-state index is 12.7. The maximum absolute atomic E-state index is 12.7. The second-order valence-electron chi connectivity index (χ2n) is 5.69. The second-order valence-corrected chi connectivity index (χ2v) is 5.69. The Labute approximate surface area is 120 Å². The van der Waals surface area contributed by atoms with Crippen molar-refractivity contribution < 1.29 is 27.9 Å². The Hall–Kier alpha value is -1.31. The highest BCUT2D eigenvalue weighted by Gasteiger charge is 2.43. The van der Waals surface area contributed by atoms with Crippen LogP contribution in [-0.2, 0) is 9.59 Å². The van der Waals surface area contributed by atoms with Gasteiger partial charge in [0.15, 0.2) is 0 Å². The fourth-order valence-electron chi connectivity index (χ4n) is 3.04. The van der Waals surface area contributed by atoms with E-state index in [1.807, 2.05) is 0 Å². The van der Waals surface area contributed by atoms with E-state index in [2.05, 4.69) is 0 Å². The summed E-state index contributed by atoms with van der Waals surface area (Å²) in [5.41, 5.74) is 0. The van der Waals surface area contributed by atoms with Gasteiger partial charge in [0.1, 0.15) is 6.04 Å². The number of alkyl halides is 3. The van der Waals surface area contributed by atoms with Crippen molar-refractivity contribution in [3.05, 3.63) is 0 Å². The van der Waals surface area contributed by atoms with Gasteiger partial charge in [-0.1, -0.05) is 0 Å². The number of carbonyl (C=O) groups excluding carboxylic acids is 1. The number of halogens is 3. The molecule has 2 saturated heterocycles. The molecular formula is C13H19F3N2O3. The molecule has 0 aromatic carbocycles. The van der Waals surface area contributed by atoms with E-state index in [9.17, 15) is 22.8 Å². The standard InChI is InChI=1S/C13H19F3N2O3/c14-13(15,16)9-3-1-6-18(7-9)11(19)8-17-5-2-4-10(17)12(20)21/h9-10H,1-8H2,(H,20,21). The number of rotatable bonds is 3. The molecule has 0 aromatic heterocycles. The molecule has 2 rings (SSSR count). The van der Waals surface area contributed by atoms with Crippen molar-refractivity contribution in [1.82, 2.24) is 9.80 Å². The van der Waals surface area contributed by atoms with Crippen LogP contribution in [0.15, 0.2) is 0 Å². The molecule has 2 heterocycles. The van der Waals surface area contributed by atoms with Gasteiger partial charge in [-0.3, -0.25) is 14.5 Å². The molecule has 2 aliphatic heterocycles. The van der Waals surface area contributed by atoms with Gasteiger partial charge >= 0.3 is 12.1 Å². The molecule has 21 heavy (non-hydrogen) atoms. The van der Waals surface area contributed by atoms with E-state index in [1.54, 1.807) is 4.90 Å². The Kier molecular flexibility index (Phi) is 4.75. The Morgan fingerprint density at radius 2 is 1.81 bits per heavy atom. The molecule has 0 bridgehead atoms. The van der Waals surface area contributed by atoms with Crippen molar-refractivity contribution in [3.63, 3.8) is 0 Å². The average molecular weight is 308 g/mol. The maximum Gasteiger partial charge on any atom is 0.393 e. The van der Waals surface area contributed by atoms with Crippen LogP contribution in [0.5, 0.6) is 0 Å². The van der Waals surface area contributed by atoms with Gasteiger partial charge in [0.2, 0.25) is 5.91 Å². The fraction of sp³-hybridized carbons (Fsp3) is 0.846. The Balaban J connectivity index is 1.92. The first-order valence-corrected chi connectivity index (χ1v) is 7.10. The summed E-state index contributed by atoms with van der Waals surface area (Å²) in [4.78, 5) is 25.9. The van der Waals surface area contributed by atoms with Crippen LogP contribution < -0.4 is 0 Å². The van der Waals surface area contributed by atoms with Crippen molar-refractivity contribution in [2.45, 2.75) is 37.9 Å². The van der Waals surface area contributed by atoms with Gasteiger partial charge in [-0.15, -0.1) is 0 Å². The van der Waals surface area contributed by atoms with E-state index in [1.165, 1.54) is 4.90 Å². The first kappa shape index (κ1) is 16.1. The highest BCUT2D eigenvalue weighted by molar-refractivity contribution is 5.80. The van der Waals surface area contributed by atoms with Gasteiger partial charge in [0, 0.05) is 13.1 Å². The summed E-state index contributed by atoms with van der Waals surface area (Å²) in [6.45, 7) is 0.395. The van der Waals surface area contributed by atoms with Crippen LogP contribution in [0.25, 0.3) is 0 Å². The first-order valence-electron chi connectivity index (χ1n) is 7.10. The van der Waals surface area contributed by atoms with Crippen molar-refractivity contribution in [2.75, 3.05) is 26.2 Å². The number of aliphatic carboxylic acids is 1. The Morgan fingerprint density at radius 1 is 1.14 bits per heavy atom. The van der Waals surface area contributed by atoms with E-state index in [0.717, 1.165) is 0 Å². The summed E-state index contributed by atoms with van der Waals surface area (Å²) >= 11 is 0. The highest BCUT2D eigenvalue weighted by Crippen LogP contribution is 2.33. The average Bonchev–Trinajstić information content (AvgIpc) is 2.86. The smallest absolute Gasteiger partial charge is 0.393 e. The van der Waals surface area contributed by atoms with Gasteiger partial charge in [-0.05, 0) is 32.2 Å². The largest absolute Gasteiger partial charge is 0.480 e. The Bertz CT molecular complexity index is 414. The Morgan fingerprint density at radius 3 is 2.43 bits per heavy atom. The summed E-state index contributed by atoms with van der Waals surface area (Å²) in [6.07, 6.45) is -2.73. The zero-order valence-corrected chi connectivity index (χ0v) is 11.6. The molecule has 120 valence electrons. The van der Waals surface area contributed by atoms with Gasteiger partial charge in [0.05, 0.1) is 12.5 Å². The summed E-state index contributed by atoms with van der Waals surface area (Å²) in [6, 6.07) is -0.697. The van der Waals surface area contributed by atoms with Gasteiger partial charge in [-0.25, -0.2) is 0 Å². The normalized spacial score (nSPS) is 27.9. The zero-order valence-electron chi connectivity index (χ0n) is 11.6. The number of nitrogens with zero attached hydrogens (tertiary/aromatic N) is 2. The minimum Gasteiger partial charge on any atom is -0.480 e. The van der Waals surface area contributed by atoms with E-state index in [0.29, 0.717) is 32.4 Å². The van der Waals surface area contributed by atoms with Crippen LogP contribution in [-0.4, -0.2) is 65.2 Å².